The van der Waals surface area contributed by atoms with E-state index in [-0.39, 0.29) is 12.5 Å². The number of nitrogens with one attached hydrogen (secondary N) is 1. The second-order valence-corrected chi connectivity index (χ2v) is 4.95. The summed E-state index contributed by atoms with van der Waals surface area (Å²) < 4.78 is 0. The predicted molar refractivity (Wildman–Crippen MR) is 79.7 cm³/mol. The Morgan fingerprint density at radius 1 is 1.10 bits per heavy atom. The van der Waals surface area contributed by atoms with E-state index in [9.17, 15) is 9.90 Å². The SMILES string of the molecule is Cc1ccc([C@@H](O)CNC(=O)c2ccccc2C)cc1. The van der Waals surface area contributed by atoms with Crippen molar-refractivity contribution in [2.45, 2.75) is 20.0 Å². The van der Waals surface area contributed by atoms with Crippen LogP contribution >= 0.6 is 0 Å². The summed E-state index contributed by atoms with van der Waals surface area (Å²) in [6.45, 7) is 4.09. The van der Waals surface area contributed by atoms with E-state index in [4.69, 9.17) is 0 Å². The minimum atomic E-state index is -0.691. The summed E-state index contributed by atoms with van der Waals surface area (Å²) in [7, 11) is 0. The van der Waals surface area contributed by atoms with E-state index in [1.54, 1.807) is 6.07 Å². The monoisotopic (exact) mass is 269 g/mol. The highest BCUT2D eigenvalue weighted by Crippen LogP contribution is 2.13. The van der Waals surface area contributed by atoms with Gasteiger partial charge in [-0.15, -0.1) is 0 Å². The van der Waals surface area contributed by atoms with Gasteiger partial charge in [0.15, 0.2) is 0 Å². The molecule has 0 bridgehead atoms. The molecule has 1 atom stereocenters. The zero-order valence-electron chi connectivity index (χ0n) is 11.8. The van der Waals surface area contributed by atoms with Crippen molar-refractivity contribution in [1.82, 2.24) is 5.32 Å². The molecule has 0 aliphatic heterocycles. The first-order valence-corrected chi connectivity index (χ1v) is 6.66. The molecule has 0 aromatic heterocycles. The quantitative estimate of drug-likeness (QED) is 0.896. The van der Waals surface area contributed by atoms with Gasteiger partial charge in [-0.3, -0.25) is 4.79 Å². The fraction of sp³-hybridized carbons (Fsp3) is 0.235. The van der Waals surface area contributed by atoms with Gasteiger partial charge in [-0.2, -0.15) is 0 Å². The van der Waals surface area contributed by atoms with Gasteiger partial charge in [0.05, 0.1) is 6.10 Å². The zero-order valence-corrected chi connectivity index (χ0v) is 11.8. The summed E-state index contributed by atoms with van der Waals surface area (Å²) in [6, 6.07) is 15.0. The lowest BCUT2D eigenvalue weighted by Gasteiger charge is -2.13. The Labute approximate surface area is 119 Å². The Kier molecular flexibility index (Phi) is 4.53. The van der Waals surface area contributed by atoms with Crippen LogP contribution in [0.3, 0.4) is 0 Å². The zero-order chi connectivity index (χ0) is 14.5. The van der Waals surface area contributed by atoms with Crippen molar-refractivity contribution in [3.05, 3.63) is 70.8 Å². The fourth-order valence-corrected chi connectivity index (χ4v) is 2.02. The van der Waals surface area contributed by atoms with Crippen molar-refractivity contribution in [2.75, 3.05) is 6.54 Å². The van der Waals surface area contributed by atoms with Crippen LogP contribution in [-0.4, -0.2) is 17.6 Å². The first-order chi connectivity index (χ1) is 9.58. The van der Waals surface area contributed by atoms with Crippen LogP contribution in [0.4, 0.5) is 0 Å². The fourth-order valence-electron chi connectivity index (χ4n) is 2.02. The Bertz CT molecular complexity index is 590. The summed E-state index contributed by atoms with van der Waals surface area (Å²) in [5.74, 6) is -0.158. The Morgan fingerprint density at radius 3 is 2.40 bits per heavy atom. The van der Waals surface area contributed by atoms with Gasteiger partial charge in [-0.05, 0) is 31.0 Å². The minimum absolute atomic E-state index is 0.158. The van der Waals surface area contributed by atoms with E-state index < -0.39 is 6.10 Å². The molecule has 2 aromatic carbocycles. The molecule has 2 rings (SSSR count). The molecule has 0 radical (unpaired) electrons. The van der Waals surface area contributed by atoms with Crippen molar-refractivity contribution in [1.29, 1.82) is 0 Å². The van der Waals surface area contributed by atoms with Crippen molar-refractivity contribution in [3.63, 3.8) is 0 Å². The highest BCUT2D eigenvalue weighted by molar-refractivity contribution is 5.95. The number of aryl methyl sites for hydroxylation is 2. The van der Waals surface area contributed by atoms with Crippen molar-refractivity contribution in [2.24, 2.45) is 0 Å². The molecule has 104 valence electrons. The molecule has 2 aromatic rings. The van der Waals surface area contributed by atoms with E-state index >= 15 is 0 Å². The number of aliphatic hydroxyl groups is 1. The molecule has 3 nitrogen and oxygen atoms in total. The van der Waals surface area contributed by atoms with Gasteiger partial charge >= 0.3 is 0 Å². The lowest BCUT2D eigenvalue weighted by molar-refractivity contribution is 0.0915. The van der Waals surface area contributed by atoms with Crippen LogP contribution in [0.1, 0.15) is 33.2 Å². The van der Waals surface area contributed by atoms with Gasteiger partial charge in [0.25, 0.3) is 5.91 Å². The number of benzene rings is 2. The number of carbonyl (C=O) groups excluding carboxylic acids is 1. The molecule has 1 amide bonds. The molecule has 0 spiro atoms. The van der Waals surface area contributed by atoms with E-state index in [0.29, 0.717) is 5.56 Å². The smallest absolute Gasteiger partial charge is 0.251 e. The summed E-state index contributed by atoms with van der Waals surface area (Å²) in [6.07, 6.45) is -0.691. The second kappa shape index (κ2) is 6.35. The first-order valence-electron chi connectivity index (χ1n) is 6.66. The van der Waals surface area contributed by atoms with Crippen molar-refractivity contribution < 1.29 is 9.90 Å². The van der Waals surface area contributed by atoms with Gasteiger partial charge in [0.1, 0.15) is 0 Å². The van der Waals surface area contributed by atoms with Crippen LogP contribution in [-0.2, 0) is 0 Å². The number of carbonyl (C=O) groups is 1. The molecule has 0 saturated carbocycles. The van der Waals surface area contributed by atoms with E-state index in [1.165, 1.54) is 0 Å². The Balaban J connectivity index is 1.97. The number of amides is 1. The summed E-state index contributed by atoms with van der Waals surface area (Å²) in [5.41, 5.74) is 3.52. The maximum atomic E-state index is 12.0. The Morgan fingerprint density at radius 2 is 1.75 bits per heavy atom. The topological polar surface area (TPSA) is 49.3 Å². The average molecular weight is 269 g/mol. The third kappa shape index (κ3) is 3.45. The van der Waals surface area contributed by atoms with Crippen LogP contribution in [0, 0.1) is 13.8 Å². The molecule has 0 heterocycles. The summed E-state index contributed by atoms with van der Waals surface area (Å²) >= 11 is 0. The molecular weight excluding hydrogens is 250 g/mol. The molecule has 0 unspecified atom stereocenters. The van der Waals surface area contributed by atoms with Crippen LogP contribution < -0.4 is 5.32 Å². The predicted octanol–water partition coefficient (Wildman–Crippen LogP) is 2.77. The van der Waals surface area contributed by atoms with Crippen LogP contribution in [0.25, 0.3) is 0 Å². The van der Waals surface area contributed by atoms with Gasteiger partial charge in [0, 0.05) is 12.1 Å². The van der Waals surface area contributed by atoms with E-state index in [1.807, 2.05) is 56.3 Å². The minimum Gasteiger partial charge on any atom is -0.387 e. The maximum Gasteiger partial charge on any atom is 0.251 e. The number of rotatable bonds is 4. The molecular formula is C17H19NO2. The van der Waals surface area contributed by atoms with Crippen molar-refractivity contribution >= 4 is 5.91 Å². The largest absolute Gasteiger partial charge is 0.387 e. The number of aliphatic hydroxyl groups excluding tert-OH is 1. The molecule has 2 N–H and O–H groups in total. The van der Waals surface area contributed by atoms with Crippen LogP contribution in [0.2, 0.25) is 0 Å². The van der Waals surface area contributed by atoms with Gasteiger partial charge in [-0.25, -0.2) is 0 Å². The van der Waals surface area contributed by atoms with E-state index in [2.05, 4.69) is 5.32 Å². The highest BCUT2D eigenvalue weighted by atomic mass is 16.3. The lowest BCUT2D eigenvalue weighted by Crippen LogP contribution is -2.28. The maximum absolute atomic E-state index is 12.0. The van der Waals surface area contributed by atoms with E-state index in [0.717, 1.165) is 16.7 Å². The molecule has 0 aliphatic rings. The van der Waals surface area contributed by atoms with Gasteiger partial charge in [0.2, 0.25) is 0 Å². The molecule has 3 heteroatoms. The molecule has 20 heavy (non-hydrogen) atoms. The van der Waals surface area contributed by atoms with Crippen molar-refractivity contribution in [3.8, 4) is 0 Å². The van der Waals surface area contributed by atoms with Crippen LogP contribution in [0.5, 0.6) is 0 Å². The van der Waals surface area contributed by atoms with Gasteiger partial charge < -0.3 is 10.4 Å². The molecule has 0 fully saturated rings. The second-order valence-electron chi connectivity index (χ2n) is 4.95. The molecule has 0 aliphatic carbocycles. The highest BCUT2D eigenvalue weighted by Gasteiger charge is 2.11. The third-order valence-electron chi connectivity index (χ3n) is 3.31. The third-order valence-corrected chi connectivity index (χ3v) is 3.31. The summed E-state index contributed by atoms with van der Waals surface area (Å²) in [5, 5.41) is 12.8. The standard InChI is InChI=1S/C17H19NO2/c1-12-7-9-14(10-8-12)16(19)11-18-17(20)15-6-4-3-5-13(15)2/h3-10,16,19H,11H2,1-2H3,(H,18,20)/t16-/m0/s1. The lowest BCUT2D eigenvalue weighted by atomic mass is 10.1. The normalized spacial score (nSPS) is 11.9. The van der Waals surface area contributed by atoms with Gasteiger partial charge in [-0.1, -0.05) is 48.0 Å². The Hall–Kier alpha value is -2.13. The van der Waals surface area contributed by atoms with Crippen LogP contribution in [0.15, 0.2) is 48.5 Å². The number of hydrogen-bond acceptors (Lipinski definition) is 2. The number of hydrogen-bond donors (Lipinski definition) is 2. The first kappa shape index (κ1) is 14.3. The summed E-state index contributed by atoms with van der Waals surface area (Å²) in [4.78, 5) is 12.0. The average Bonchev–Trinajstić information content (AvgIpc) is 2.45. The molecule has 0 saturated heterocycles.